The molecule has 38 heavy (non-hydrogen) atoms. The molecule has 0 unspecified atom stereocenters. The molecule has 0 atom stereocenters. The Labute approximate surface area is 234 Å². The number of benzene rings is 2. The average molecular weight is 670 g/mol. The number of carbonyl (C=O) groups is 1. The van der Waals surface area contributed by atoms with Gasteiger partial charge < -0.3 is 20.7 Å². The molecular formula is C24H31F3IN5O4S. The maximum absolute atomic E-state index is 14.7. The van der Waals surface area contributed by atoms with Gasteiger partial charge in [0.15, 0.2) is 11.6 Å². The molecule has 1 heterocycles. The molecule has 2 aromatic carbocycles. The maximum Gasteiger partial charge on any atom is 0.407 e. The first-order valence-corrected chi connectivity index (χ1v) is 14.5. The number of anilines is 3. The van der Waals surface area contributed by atoms with Crippen LogP contribution in [0.1, 0.15) is 33.6 Å². The number of hydrogen-bond acceptors (Lipinski definition) is 6. The highest BCUT2D eigenvalue weighted by molar-refractivity contribution is 14.1. The van der Waals surface area contributed by atoms with Gasteiger partial charge in [0.1, 0.15) is 17.1 Å². The number of amides is 1. The molecule has 2 aromatic rings. The van der Waals surface area contributed by atoms with E-state index in [1.54, 1.807) is 26.8 Å². The monoisotopic (exact) mass is 669 g/mol. The molecule has 0 bridgehead atoms. The predicted octanol–water partition coefficient (Wildman–Crippen LogP) is 4.69. The van der Waals surface area contributed by atoms with Crippen LogP contribution in [0.2, 0.25) is 0 Å². The first kappa shape index (κ1) is 30.2. The second kappa shape index (κ2) is 12.7. The zero-order valence-corrected chi connectivity index (χ0v) is 24.2. The number of carbonyl (C=O) groups excluding carboxylic acids is 1. The molecule has 14 heteroatoms. The molecule has 0 radical (unpaired) electrons. The summed E-state index contributed by atoms with van der Waals surface area (Å²) in [4.78, 5) is 11.7. The number of alkyl carbamates (subject to hydrolysis) is 1. The third-order valence-corrected chi connectivity index (χ3v) is 7.74. The fourth-order valence-electron chi connectivity index (χ4n) is 3.74. The minimum absolute atomic E-state index is 0.0335. The second-order valence-corrected chi connectivity index (χ2v) is 12.6. The van der Waals surface area contributed by atoms with E-state index in [0.717, 1.165) is 12.1 Å². The Morgan fingerprint density at radius 2 is 1.71 bits per heavy atom. The summed E-state index contributed by atoms with van der Waals surface area (Å²) in [5.74, 6) is -3.26. The average Bonchev–Trinajstić information content (AvgIpc) is 2.82. The van der Waals surface area contributed by atoms with E-state index in [9.17, 15) is 26.4 Å². The molecule has 0 saturated carbocycles. The first-order valence-electron chi connectivity index (χ1n) is 11.9. The van der Waals surface area contributed by atoms with Gasteiger partial charge in [-0.25, -0.2) is 18.0 Å². The summed E-state index contributed by atoms with van der Waals surface area (Å²) < 4.78 is 78.3. The molecule has 1 aliphatic rings. The Kier molecular flexibility index (Phi) is 10.1. The minimum atomic E-state index is -4.12. The van der Waals surface area contributed by atoms with Crippen LogP contribution in [-0.2, 0) is 14.9 Å². The van der Waals surface area contributed by atoms with E-state index in [-0.39, 0.29) is 30.5 Å². The second-order valence-electron chi connectivity index (χ2n) is 9.70. The molecule has 9 nitrogen and oxygen atoms in total. The van der Waals surface area contributed by atoms with Crippen molar-refractivity contribution in [3.05, 3.63) is 51.4 Å². The summed E-state index contributed by atoms with van der Waals surface area (Å²) in [5.41, 5.74) is -1.50. The van der Waals surface area contributed by atoms with Crippen molar-refractivity contribution in [2.45, 2.75) is 45.3 Å². The molecule has 0 aliphatic carbocycles. The summed E-state index contributed by atoms with van der Waals surface area (Å²) in [7, 11) is -4.12. The topological polar surface area (TPSA) is 112 Å². The van der Waals surface area contributed by atoms with Gasteiger partial charge in [0.2, 0.25) is 0 Å². The summed E-state index contributed by atoms with van der Waals surface area (Å²) in [6.07, 6.45) is 0.496. The van der Waals surface area contributed by atoms with E-state index in [1.807, 2.05) is 22.6 Å². The lowest BCUT2D eigenvalue weighted by Gasteiger charge is -2.32. The third kappa shape index (κ3) is 8.61. The van der Waals surface area contributed by atoms with Gasteiger partial charge in [-0.15, -0.1) is 0 Å². The lowest BCUT2D eigenvalue weighted by atomic mass is 10.1. The standard InChI is InChI=1S/C24H31F3IN5O4S/c1-24(2,3)37-23(34)30-11-10-29-16-8-12-33(13-9-16)38(35,36)32-20-7-5-17(25)21(27)22(20)31-19-6-4-15(28)14-18(19)26/h4-7,14,16,29,31-32H,8-13H2,1-3H3,(H,30,34). The Balaban J connectivity index is 1.58. The van der Waals surface area contributed by atoms with Crippen LogP contribution in [0.15, 0.2) is 30.3 Å². The molecule has 1 saturated heterocycles. The fourth-order valence-corrected chi connectivity index (χ4v) is 5.46. The summed E-state index contributed by atoms with van der Waals surface area (Å²) in [6, 6.07) is 6.03. The summed E-state index contributed by atoms with van der Waals surface area (Å²) in [6.45, 7) is 6.52. The van der Waals surface area contributed by atoms with E-state index >= 15 is 0 Å². The SMILES string of the molecule is CC(C)(C)OC(=O)NCCNC1CCN(S(=O)(=O)Nc2ccc(F)c(F)c2Nc2ccc(I)cc2F)CC1. The summed E-state index contributed by atoms with van der Waals surface area (Å²) >= 11 is 1.91. The van der Waals surface area contributed by atoms with E-state index in [0.29, 0.717) is 29.5 Å². The van der Waals surface area contributed by atoms with Crippen molar-refractivity contribution in [2.24, 2.45) is 0 Å². The smallest absolute Gasteiger partial charge is 0.407 e. The Hall–Kier alpha value is -2.30. The number of nitrogens with one attached hydrogen (secondary N) is 4. The molecule has 1 aliphatic heterocycles. The van der Waals surface area contributed by atoms with E-state index in [1.165, 1.54) is 16.4 Å². The third-order valence-electron chi connectivity index (χ3n) is 5.54. The van der Waals surface area contributed by atoms with Gasteiger partial charge in [-0.1, -0.05) is 0 Å². The largest absolute Gasteiger partial charge is 0.444 e. The Morgan fingerprint density at radius 3 is 2.34 bits per heavy atom. The van der Waals surface area contributed by atoms with Crippen LogP contribution in [0.3, 0.4) is 0 Å². The lowest BCUT2D eigenvalue weighted by molar-refractivity contribution is 0.0527. The number of hydrogen-bond donors (Lipinski definition) is 4. The van der Waals surface area contributed by atoms with Crippen LogP contribution in [0.25, 0.3) is 0 Å². The van der Waals surface area contributed by atoms with Crippen molar-refractivity contribution in [2.75, 3.05) is 36.2 Å². The molecule has 0 aromatic heterocycles. The van der Waals surface area contributed by atoms with Crippen LogP contribution < -0.4 is 20.7 Å². The fraction of sp³-hybridized carbons (Fsp3) is 0.458. The highest BCUT2D eigenvalue weighted by Gasteiger charge is 2.29. The van der Waals surface area contributed by atoms with Gasteiger partial charge >= 0.3 is 16.3 Å². The number of halogens is 4. The molecule has 1 amide bonds. The van der Waals surface area contributed by atoms with Gasteiger partial charge in [-0.05, 0) is 86.5 Å². The lowest BCUT2D eigenvalue weighted by Crippen LogP contribution is -2.48. The van der Waals surface area contributed by atoms with Gasteiger partial charge in [-0.3, -0.25) is 4.72 Å². The van der Waals surface area contributed by atoms with Crippen molar-refractivity contribution in [1.29, 1.82) is 0 Å². The van der Waals surface area contributed by atoms with Crippen molar-refractivity contribution >= 4 is 56.0 Å². The van der Waals surface area contributed by atoms with E-state index in [2.05, 4.69) is 20.7 Å². The van der Waals surface area contributed by atoms with Crippen molar-refractivity contribution in [3.8, 4) is 0 Å². The van der Waals surface area contributed by atoms with Crippen molar-refractivity contribution < 1.29 is 31.1 Å². The zero-order chi connectivity index (χ0) is 28.1. The van der Waals surface area contributed by atoms with Crippen molar-refractivity contribution in [1.82, 2.24) is 14.9 Å². The van der Waals surface area contributed by atoms with E-state index < -0.39 is 45.0 Å². The van der Waals surface area contributed by atoms with Gasteiger partial charge in [0.05, 0.1) is 11.4 Å². The van der Waals surface area contributed by atoms with Crippen LogP contribution in [0.5, 0.6) is 0 Å². The van der Waals surface area contributed by atoms with Gasteiger partial charge in [0.25, 0.3) is 0 Å². The normalized spacial score (nSPS) is 15.2. The highest BCUT2D eigenvalue weighted by Crippen LogP contribution is 2.33. The molecule has 4 N–H and O–H groups in total. The number of ether oxygens (including phenoxy) is 1. The van der Waals surface area contributed by atoms with Crippen molar-refractivity contribution in [3.63, 3.8) is 0 Å². The van der Waals surface area contributed by atoms with Crippen LogP contribution in [-0.4, -0.2) is 56.6 Å². The molecule has 1 fully saturated rings. The number of piperidine rings is 1. The van der Waals surface area contributed by atoms with Crippen LogP contribution in [0.4, 0.5) is 35.0 Å². The molecule has 210 valence electrons. The zero-order valence-electron chi connectivity index (χ0n) is 21.2. The van der Waals surface area contributed by atoms with Crippen LogP contribution in [0, 0.1) is 21.0 Å². The Bertz CT molecular complexity index is 1250. The molecule has 0 spiro atoms. The molecule has 3 rings (SSSR count). The first-order chi connectivity index (χ1) is 17.7. The molecular weight excluding hydrogens is 638 g/mol. The minimum Gasteiger partial charge on any atom is -0.444 e. The number of nitrogens with zero attached hydrogens (tertiary/aromatic N) is 1. The van der Waals surface area contributed by atoms with Gasteiger partial charge in [-0.2, -0.15) is 12.7 Å². The predicted molar refractivity (Wildman–Crippen MR) is 148 cm³/mol. The van der Waals surface area contributed by atoms with Gasteiger partial charge in [0, 0.05) is 35.8 Å². The van der Waals surface area contributed by atoms with E-state index in [4.69, 9.17) is 4.74 Å². The highest BCUT2D eigenvalue weighted by atomic mass is 127. The Morgan fingerprint density at radius 1 is 1.05 bits per heavy atom. The number of rotatable bonds is 9. The maximum atomic E-state index is 14.7. The quantitative estimate of drug-likeness (QED) is 0.228. The van der Waals surface area contributed by atoms with Crippen LogP contribution >= 0.6 is 22.6 Å². The summed E-state index contributed by atoms with van der Waals surface area (Å²) in [5, 5.41) is 8.39.